The lowest BCUT2D eigenvalue weighted by Crippen LogP contribution is -2.51. The van der Waals surface area contributed by atoms with Gasteiger partial charge in [0.25, 0.3) is 0 Å². The summed E-state index contributed by atoms with van der Waals surface area (Å²) >= 11 is 0. The molecular formula is C18H30N2O2. The minimum absolute atomic E-state index is 0.215. The van der Waals surface area contributed by atoms with E-state index in [1.807, 2.05) is 0 Å². The predicted octanol–water partition coefficient (Wildman–Crippen LogP) is 2.45. The summed E-state index contributed by atoms with van der Waals surface area (Å²) < 4.78 is 5.36. The Bertz CT molecular complexity index is 394. The largest absolute Gasteiger partial charge is 0.381 e. The first-order chi connectivity index (χ1) is 10.8. The first-order valence-corrected chi connectivity index (χ1v) is 9.10. The highest BCUT2D eigenvalue weighted by molar-refractivity contribution is 5.79. The van der Waals surface area contributed by atoms with Crippen LogP contribution in [-0.4, -0.2) is 61.6 Å². The molecule has 2 saturated heterocycles. The molecular weight excluding hydrogens is 276 g/mol. The molecule has 4 heteroatoms. The molecule has 2 heterocycles. The van der Waals surface area contributed by atoms with Crippen LogP contribution in [0.4, 0.5) is 0 Å². The van der Waals surface area contributed by atoms with Gasteiger partial charge in [-0.2, -0.15) is 0 Å². The molecule has 1 aliphatic carbocycles. The highest BCUT2D eigenvalue weighted by atomic mass is 16.5. The molecule has 0 spiro atoms. The van der Waals surface area contributed by atoms with Crippen molar-refractivity contribution >= 4 is 5.91 Å². The lowest BCUT2D eigenvalue weighted by Gasteiger charge is -2.37. The molecule has 3 rings (SSSR count). The summed E-state index contributed by atoms with van der Waals surface area (Å²) in [5, 5.41) is 0. The quantitative estimate of drug-likeness (QED) is 0.748. The Balaban J connectivity index is 1.38. The van der Waals surface area contributed by atoms with Gasteiger partial charge in [0.1, 0.15) is 0 Å². The Morgan fingerprint density at radius 3 is 2.59 bits per heavy atom. The monoisotopic (exact) mass is 306 g/mol. The van der Waals surface area contributed by atoms with Crippen molar-refractivity contribution in [3.05, 3.63) is 11.6 Å². The van der Waals surface area contributed by atoms with Crippen molar-refractivity contribution < 1.29 is 9.53 Å². The number of carbonyl (C=O) groups is 1. The Labute approximate surface area is 134 Å². The van der Waals surface area contributed by atoms with Crippen LogP contribution in [0.1, 0.15) is 44.9 Å². The number of piperazine rings is 1. The second kappa shape index (κ2) is 8.11. The van der Waals surface area contributed by atoms with E-state index in [1.54, 1.807) is 5.57 Å². The summed E-state index contributed by atoms with van der Waals surface area (Å²) in [6.45, 7) is 6.59. The minimum Gasteiger partial charge on any atom is -0.381 e. The third kappa shape index (κ3) is 4.32. The minimum atomic E-state index is 0.215. The standard InChI is InChI=1S/C18H30N2O2/c21-18(17-7-14-22-15-8-17)20-12-10-19(11-13-20)9-6-16-4-2-1-3-5-16/h4,17H,1-3,5-15H2. The van der Waals surface area contributed by atoms with E-state index in [0.717, 1.165) is 52.2 Å². The van der Waals surface area contributed by atoms with Crippen molar-refractivity contribution in [1.29, 1.82) is 0 Å². The highest BCUT2D eigenvalue weighted by Gasteiger charge is 2.28. The van der Waals surface area contributed by atoms with Crippen molar-refractivity contribution in [1.82, 2.24) is 9.80 Å². The zero-order chi connectivity index (χ0) is 15.2. The zero-order valence-corrected chi connectivity index (χ0v) is 13.8. The highest BCUT2D eigenvalue weighted by Crippen LogP contribution is 2.21. The van der Waals surface area contributed by atoms with E-state index in [-0.39, 0.29) is 5.92 Å². The van der Waals surface area contributed by atoms with Gasteiger partial charge in [-0.05, 0) is 44.9 Å². The summed E-state index contributed by atoms with van der Waals surface area (Å²) in [5.74, 6) is 0.589. The van der Waals surface area contributed by atoms with Crippen LogP contribution < -0.4 is 0 Å². The fourth-order valence-electron chi connectivity index (χ4n) is 3.83. The second-order valence-corrected chi connectivity index (χ2v) is 6.91. The molecule has 0 radical (unpaired) electrons. The van der Waals surface area contributed by atoms with Gasteiger partial charge in [-0.25, -0.2) is 0 Å². The van der Waals surface area contributed by atoms with Crippen LogP contribution in [0.5, 0.6) is 0 Å². The fourth-order valence-corrected chi connectivity index (χ4v) is 3.83. The van der Waals surface area contributed by atoms with Crippen LogP contribution in [-0.2, 0) is 9.53 Å². The molecule has 0 bridgehead atoms. The van der Waals surface area contributed by atoms with E-state index in [9.17, 15) is 4.79 Å². The third-order valence-electron chi connectivity index (χ3n) is 5.39. The number of ether oxygens (including phenoxy) is 1. The van der Waals surface area contributed by atoms with Crippen LogP contribution in [0.2, 0.25) is 0 Å². The van der Waals surface area contributed by atoms with Crippen LogP contribution in [0.15, 0.2) is 11.6 Å². The number of hydrogen-bond acceptors (Lipinski definition) is 3. The SMILES string of the molecule is O=C(C1CCOCC1)N1CCN(CCC2=CCCCC2)CC1. The molecule has 1 amide bonds. The van der Waals surface area contributed by atoms with Crippen LogP contribution >= 0.6 is 0 Å². The molecule has 3 aliphatic rings. The Hall–Kier alpha value is -0.870. The first kappa shape index (κ1) is 16.0. The smallest absolute Gasteiger partial charge is 0.225 e. The maximum Gasteiger partial charge on any atom is 0.225 e. The molecule has 0 N–H and O–H groups in total. The van der Waals surface area contributed by atoms with Crippen molar-refractivity contribution in [3.8, 4) is 0 Å². The number of hydrogen-bond donors (Lipinski definition) is 0. The van der Waals surface area contributed by atoms with Crippen molar-refractivity contribution in [2.75, 3.05) is 45.9 Å². The average molecular weight is 306 g/mol. The van der Waals surface area contributed by atoms with E-state index >= 15 is 0 Å². The van der Waals surface area contributed by atoms with Crippen LogP contribution in [0.25, 0.3) is 0 Å². The Morgan fingerprint density at radius 2 is 1.91 bits per heavy atom. The number of allylic oxidation sites excluding steroid dienone is 1. The maximum absolute atomic E-state index is 12.5. The molecule has 2 aliphatic heterocycles. The molecule has 4 nitrogen and oxygen atoms in total. The molecule has 0 atom stereocenters. The second-order valence-electron chi connectivity index (χ2n) is 6.91. The van der Waals surface area contributed by atoms with Gasteiger partial charge in [0.2, 0.25) is 5.91 Å². The van der Waals surface area contributed by atoms with Crippen molar-refractivity contribution in [2.24, 2.45) is 5.92 Å². The predicted molar refractivity (Wildman–Crippen MR) is 87.7 cm³/mol. The van der Waals surface area contributed by atoms with Gasteiger partial charge in [0.05, 0.1) is 0 Å². The Morgan fingerprint density at radius 1 is 1.14 bits per heavy atom. The van der Waals surface area contributed by atoms with Gasteiger partial charge in [-0.3, -0.25) is 9.69 Å². The molecule has 124 valence electrons. The number of rotatable bonds is 4. The van der Waals surface area contributed by atoms with Crippen molar-refractivity contribution in [2.45, 2.75) is 44.9 Å². The van der Waals surface area contributed by atoms with Gasteiger partial charge < -0.3 is 9.64 Å². The lowest BCUT2D eigenvalue weighted by atomic mass is 9.97. The normalized spacial score (nSPS) is 25.1. The van der Waals surface area contributed by atoms with Gasteiger partial charge in [-0.15, -0.1) is 0 Å². The molecule has 0 unspecified atom stereocenters. The van der Waals surface area contributed by atoms with Crippen LogP contribution in [0, 0.1) is 5.92 Å². The fraction of sp³-hybridized carbons (Fsp3) is 0.833. The summed E-state index contributed by atoms with van der Waals surface area (Å²) in [5.41, 5.74) is 1.66. The van der Waals surface area contributed by atoms with Gasteiger partial charge >= 0.3 is 0 Å². The van der Waals surface area contributed by atoms with E-state index in [0.29, 0.717) is 5.91 Å². The van der Waals surface area contributed by atoms with Gasteiger partial charge in [0, 0.05) is 51.9 Å². The lowest BCUT2D eigenvalue weighted by molar-refractivity contribution is -0.140. The van der Waals surface area contributed by atoms with Gasteiger partial charge in [-0.1, -0.05) is 11.6 Å². The van der Waals surface area contributed by atoms with E-state index in [4.69, 9.17) is 4.74 Å². The summed E-state index contributed by atoms with van der Waals surface area (Å²) in [6.07, 6.45) is 10.8. The van der Waals surface area contributed by atoms with Gasteiger partial charge in [0.15, 0.2) is 0 Å². The topological polar surface area (TPSA) is 32.8 Å². The summed E-state index contributed by atoms with van der Waals surface area (Å²) in [6, 6.07) is 0. The number of nitrogens with zero attached hydrogens (tertiary/aromatic N) is 2. The van der Waals surface area contributed by atoms with Crippen LogP contribution in [0.3, 0.4) is 0 Å². The Kier molecular flexibility index (Phi) is 5.90. The van der Waals surface area contributed by atoms with E-state index in [2.05, 4.69) is 15.9 Å². The van der Waals surface area contributed by atoms with Crippen molar-refractivity contribution in [3.63, 3.8) is 0 Å². The van der Waals surface area contributed by atoms with E-state index in [1.165, 1.54) is 38.6 Å². The zero-order valence-electron chi connectivity index (χ0n) is 13.8. The van der Waals surface area contributed by atoms with E-state index < -0.39 is 0 Å². The molecule has 2 fully saturated rings. The molecule has 0 saturated carbocycles. The number of amides is 1. The molecule has 0 aromatic heterocycles. The summed E-state index contributed by atoms with van der Waals surface area (Å²) in [7, 11) is 0. The molecule has 0 aromatic rings. The molecule has 22 heavy (non-hydrogen) atoms. The maximum atomic E-state index is 12.5. The third-order valence-corrected chi connectivity index (χ3v) is 5.39. The number of carbonyl (C=O) groups excluding carboxylic acids is 1. The average Bonchev–Trinajstić information content (AvgIpc) is 2.61. The summed E-state index contributed by atoms with van der Waals surface area (Å²) in [4.78, 5) is 17.1. The first-order valence-electron chi connectivity index (χ1n) is 9.10. The molecule has 0 aromatic carbocycles.